The summed E-state index contributed by atoms with van der Waals surface area (Å²) in [6.45, 7) is 0. The van der Waals surface area contributed by atoms with Crippen LogP contribution in [0, 0.1) is 0 Å². The number of hydrogen-bond acceptors (Lipinski definition) is 4. The second-order valence-corrected chi connectivity index (χ2v) is 7.17. The van der Waals surface area contributed by atoms with Crippen molar-refractivity contribution < 1.29 is 13.9 Å². The van der Waals surface area contributed by atoms with Gasteiger partial charge in [0.1, 0.15) is 5.75 Å². The van der Waals surface area contributed by atoms with E-state index in [1.807, 2.05) is 42.5 Å². The molecule has 28 heavy (non-hydrogen) atoms. The maximum atomic E-state index is 12.4. The zero-order chi connectivity index (χ0) is 19.2. The summed E-state index contributed by atoms with van der Waals surface area (Å²) < 4.78 is 11.4. The lowest BCUT2D eigenvalue weighted by Crippen LogP contribution is -2.13. The molecule has 0 aliphatic heterocycles. The normalized spacial score (nSPS) is 14.1. The Labute approximate surface area is 164 Å². The highest BCUT2D eigenvalue weighted by Gasteiger charge is 2.16. The van der Waals surface area contributed by atoms with E-state index in [0.29, 0.717) is 24.7 Å². The number of rotatable bonds is 7. The standard InChI is InChI=1S/C23H24N2O3/c26-23(25-19-7-4-6-18(14-19)22-15-24-16-27-22)12-11-17-5-3-10-21(13-17)28-20-8-1-2-9-20/h3-7,10,13-16,20H,1-2,8-9,11-12H2,(H,25,26). The van der Waals surface area contributed by atoms with Crippen LogP contribution in [0.4, 0.5) is 5.69 Å². The highest BCUT2D eigenvalue weighted by atomic mass is 16.5. The highest BCUT2D eigenvalue weighted by Crippen LogP contribution is 2.25. The van der Waals surface area contributed by atoms with Crippen LogP contribution in [0.2, 0.25) is 0 Å². The molecule has 1 aliphatic carbocycles. The van der Waals surface area contributed by atoms with Crippen LogP contribution in [-0.2, 0) is 11.2 Å². The Balaban J connectivity index is 1.31. The molecule has 1 N–H and O–H groups in total. The van der Waals surface area contributed by atoms with Gasteiger partial charge in [-0.3, -0.25) is 4.79 Å². The first-order valence-corrected chi connectivity index (χ1v) is 9.81. The topological polar surface area (TPSA) is 64.4 Å². The molecule has 0 unspecified atom stereocenters. The van der Waals surface area contributed by atoms with Gasteiger partial charge in [-0.2, -0.15) is 0 Å². The number of aryl methyl sites for hydroxylation is 1. The minimum absolute atomic E-state index is 0.0168. The van der Waals surface area contributed by atoms with Gasteiger partial charge in [-0.1, -0.05) is 24.3 Å². The first-order valence-electron chi connectivity index (χ1n) is 9.81. The highest BCUT2D eigenvalue weighted by molar-refractivity contribution is 5.91. The summed E-state index contributed by atoms with van der Waals surface area (Å²) >= 11 is 0. The first kappa shape index (κ1) is 18.3. The molecule has 3 aromatic rings. The Kier molecular flexibility index (Phi) is 5.71. The third-order valence-corrected chi connectivity index (χ3v) is 5.01. The summed E-state index contributed by atoms with van der Waals surface area (Å²) in [4.78, 5) is 16.3. The van der Waals surface area contributed by atoms with Gasteiger partial charge < -0.3 is 14.5 Å². The van der Waals surface area contributed by atoms with Crippen molar-refractivity contribution in [3.63, 3.8) is 0 Å². The fourth-order valence-electron chi connectivity index (χ4n) is 3.56. The third-order valence-electron chi connectivity index (χ3n) is 5.01. The summed E-state index contributed by atoms with van der Waals surface area (Å²) in [6, 6.07) is 15.6. The van der Waals surface area contributed by atoms with Crippen LogP contribution in [0.1, 0.15) is 37.7 Å². The SMILES string of the molecule is O=C(CCc1cccc(OC2CCCC2)c1)Nc1cccc(-c2cnco2)c1. The second-order valence-electron chi connectivity index (χ2n) is 7.17. The Morgan fingerprint density at radius 2 is 2.00 bits per heavy atom. The van der Waals surface area contributed by atoms with E-state index in [0.717, 1.165) is 35.4 Å². The number of oxazole rings is 1. The zero-order valence-corrected chi connectivity index (χ0v) is 15.8. The average Bonchev–Trinajstić information content (AvgIpc) is 3.41. The third kappa shape index (κ3) is 4.80. The quantitative estimate of drug-likeness (QED) is 0.613. The van der Waals surface area contributed by atoms with Crippen molar-refractivity contribution in [1.29, 1.82) is 0 Å². The molecule has 0 spiro atoms. The lowest BCUT2D eigenvalue weighted by molar-refractivity contribution is -0.116. The van der Waals surface area contributed by atoms with E-state index < -0.39 is 0 Å². The molecule has 1 amide bonds. The molecule has 1 saturated carbocycles. The van der Waals surface area contributed by atoms with Gasteiger partial charge in [0, 0.05) is 17.7 Å². The first-order chi connectivity index (χ1) is 13.8. The largest absolute Gasteiger partial charge is 0.490 e. The van der Waals surface area contributed by atoms with Gasteiger partial charge in [0.25, 0.3) is 0 Å². The van der Waals surface area contributed by atoms with Gasteiger partial charge in [0.2, 0.25) is 5.91 Å². The lowest BCUT2D eigenvalue weighted by Gasteiger charge is -2.14. The number of benzene rings is 2. The summed E-state index contributed by atoms with van der Waals surface area (Å²) in [5, 5.41) is 2.96. The predicted octanol–water partition coefficient (Wildman–Crippen LogP) is 5.23. The maximum absolute atomic E-state index is 12.4. The number of ether oxygens (including phenoxy) is 1. The van der Waals surface area contributed by atoms with Crippen molar-refractivity contribution in [2.75, 3.05) is 5.32 Å². The molecule has 5 nitrogen and oxygen atoms in total. The van der Waals surface area contributed by atoms with Crippen molar-refractivity contribution in [3.8, 4) is 17.1 Å². The second kappa shape index (κ2) is 8.74. The molecule has 0 atom stereocenters. The monoisotopic (exact) mass is 376 g/mol. The van der Waals surface area contributed by atoms with E-state index >= 15 is 0 Å². The molecule has 1 fully saturated rings. The van der Waals surface area contributed by atoms with Gasteiger partial charge in [0.15, 0.2) is 12.2 Å². The van der Waals surface area contributed by atoms with E-state index in [-0.39, 0.29) is 5.91 Å². The summed E-state index contributed by atoms with van der Waals surface area (Å²) in [5.41, 5.74) is 2.74. The number of anilines is 1. The fourth-order valence-corrected chi connectivity index (χ4v) is 3.56. The van der Waals surface area contributed by atoms with Crippen LogP contribution in [-0.4, -0.2) is 17.0 Å². The molecular formula is C23H24N2O3. The zero-order valence-electron chi connectivity index (χ0n) is 15.8. The Morgan fingerprint density at radius 1 is 1.14 bits per heavy atom. The molecule has 0 bridgehead atoms. The minimum atomic E-state index is -0.0168. The number of nitrogens with zero attached hydrogens (tertiary/aromatic N) is 1. The summed E-state index contributed by atoms with van der Waals surface area (Å²) in [7, 11) is 0. The molecule has 144 valence electrons. The minimum Gasteiger partial charge on any atom is -0.490 e. The van der Waals surface area contributed by atoms with E-state index in [1.54, 1.807) is 6.20 Å². The van der Waals surface area contributed by atoms with Crippen LogP contribution in [0.3, 0.4) is 0 Å². The number of carbonyl (C=O) groups is 1. The Bertz CT molecular complexity index is 915. The van der Waals surface area contributed by atoms with Crippen molar-refractivity contribution >= 4 is 11.6 Å². The van der Waals surface area contributed by atoms with Crippen LogP contribution < -0.4 is 10.1 Å². The molecule has 4 rings (SSSR count). The van der Waals surface area contributed by atoms with Gasteiger partial charge >= 0.3 is 0 Å². The van der Waals surface area contributed by atoms with Gasteiger partial charge in [-0.05, 0) is 61.9 Å². The summed E-state index contributed by atoms with van der Waals surface area (Å²) in [5.74, 6) is 1.57. The van der Waals surface area contributed by atoms with E-state index in [9.17, 15) is 4.79 Å². The Hall–Kier alpha value is -3.08. The molecule has 1 heterocycles. The van der Waals surface area contributed by atoms with E-state index in [2.05, 4.69) is 16.4 Å². The van der Waals surface area contributed by atoms with Crippen LogP contribution >= 0.6 is 0 Å². The van der Waals surface area contributed by atoms with Crippen molar-refractivity contribution in [2.45, 2.75) is 44.6 Å². The number of aromatic nitrogens is 1. The number of carbonyl (C=O) groups excluding carboxylic acids is 1. The summed E-state index contributed by atoms with van der Waals surface area (Å²) in [6.07, 6.45) is 9.26. The molecule has 1 aromatic heterocycles. The molecule has 1 aliphatic rings. The number of nitrogens with one attached hydrogen (secondary N) is 1. The van der Waals surface area contributed by atoms with Crippen molar-refractivity contribution in [2.24, 2.45) is 0 Å². The average molecular weight is 376 g/mol. The van der Waals surface area contributed by atoms with Gasteiger partial charge in [-0.25, -0.2) is 4.98 Å². The molecule has 0 saturated heterocycles. The van der Waals surface area contributed by atoms with Gasteiger partial charge in [0.05, 0.1) is 12.3 Å². The number of amides is 1. The molecule has 5 heteroatoms. The number of hydrogen-bond donors (Lipinski definition) is 1. The maximum Gasteiger partial charge on any atom is 0.224 e. The van der Waals surface area contributed by atoms with E-state index in [4.69, 9.17) is 9.15 Å². The predicted molar refractivity (Wildman–Crippen MR) is 108 cm³/mol. The molecule has 2 aromatic carbocycles. The van der Waals surface area contributed by atoms with Crippen LogP contribution in [0.25, 0.3) is 11.3 Å². The smallest absolute Gasteiger partial charge is 0.224 e. The van der Waals surface area contributed by atoms with Crippen molar-refractivity contribution in [1.82, 2.24) is 4.98 Å². The van der Waals surface area contributed by atoms with Crippen LogP contribution in [0.15, 0.2) is 65.5 Å². The van der Waals surface area contributed by atoms with Crippen LogP contribution in [0.5, 0.6) is 5.75 Å². The molecule has 0 radical (unpaired) electrons. The lowest BCUT2D eigenvalue weighted by atomic mass is 10.1. The Morgan fingerprint density at radius 3 is 2.82 bits per heavy atom. The van der Waals surface area contributed by atoms with Crippen molar-refractivity contribution in [3.05, 3.63) is 66.7 Å². The van der Waals surface area contributed by atoms with Gasteiger partial charge in [-0.15, -0.1) is 0 Å². The fraction of sp³-hybridized carbons (Fsp3) is 0.304. The van der Waals surface area contributed by atoms with E-state index in [1.165, 1.54) is 19.2 Å². The molecular weight excluding hydrogens is 352 g/mol.